The van der Waals surface area contributed by atoms with Crippen LogP contribution in [0.4, 0.5) is 0 Å². The van der Waals surface area contributed by atoms with Crippen molar-refractivity contribution in [2.45, 2.75) is 26.9 Å². The lowest BCUT2D eigenvalue weighted by Crippen LogP contribution is -2.05. The van der Waals surface area contributed by atoms with Crippen molar-refractivity contribution < 1.29 is 19.4 Å². The molecule has 0 saturated heterocycles. The zero-order valence-corrected chi connectivity index (χ0v) is 14.2. The second-order valence-corrected chi connectivity index (χ2v) is 5.55. The third-order valence-electron chi connectivity index (χ3n) is 3.22. The summed E-state index contributed by atoms with van der Waals surface area (Å²) < 4.78 is 10.9. The number of benzene rings is 2. The summed E-state index contributed by atoms with van der Waals surface area (Å²) in [6, 6.07) is 12.0. The predicted molar refractivity (Wildman–Crippen MR) is 94.8 cm³/mol. The number of carbonyl (C=O) groups excluding carboxylic acids is 1. The van der Waals surface area contributed by atoms with Crippen LogP contribution in [-0.2, 0) is 0 Å². The van der Waals surface area contributed by atoms with Crippen LogP contribution in [0.1, 0.15) is 36.7 Å². The molecule has 1 N–H and O–H groups in total. The molecule has 4 nitrogen and oxygen atoms in total. The topological polar surface area (TPSA) is 55.8 Å². The molecule has 0 spiro atoms. The largest absolute Gasteiger partial charge is 0.504 e. The lowest BCUT2D eigenvalue weighted by atomic mass is 10.1. The van der Waals surface area contributed by atoms with E-state index in [-0.39, 0.29) is 17.6 Å². The van der Waals surface area contributed by atoms with Gasteiger partial charge in [-0.25, -0.2) is 0 Å². The Labute approximate surface area is 142 Å². The Kier molecular flexibility index (Phi) is 6.01. The van der Waals surface area contributed by atoms with Crippen LogP contribution < -0.4 is 9.47 Å². The molecular weight excluding hydrogens is 304 g/mol. The fourth-order valence-electron chi connectivity index (χ4n) is 2.14. The van der Waals surface area contributed by atoms with Gasteiger partial charge in [0.25, 0.3) is 0 Å². The molecule has 0 saturated carbocycles. The fraction of sp³-hybridized carbons (Fsp3) is 0.250. The van der Waals surface area contributed by atoms with Gasteiger partial charge < -0.3 is 14.6 Å². The first-order valence-corrected chi connectivity index (χ1v) is 7.94. The van der Waals surface area contributed by atoms with E-state index in [4.69, 9.17) is 9.47 Å². The van der Waals surface area contributed by atoms with Crippen molar-refractivity contribution >= 4 is 11.9 Å². The third kappa shape index (κ3) is 4.88. The molecule has 0 atom stereocenters. The van der Waals surface area contributed by atoms with E-state index < -0.39 is 0 Å². The molecule has 2 rings (SSSR count). The first kappa shape index (κ1) is 17.6. The number of rotatable bonds is 7. The quantitative estimate of drug-likeness (QED) is 0.602. The van der Waals surface area contributed by atoms with Crippen molar-refractivity contribution in [1.82, 2.24) is 0 Å². The second kappa shape index (κ2) is 8.20. The van der Waals surface area contributed by atoms with Crippen LogP contribution in [0.3, 0.4) is 0 Å². The van der Waals surface area contributed by atoms with Gasteiger partial charge in [0.2, 0.25) is 0 Å². The smallest absolute Gasteiger partial charge is 0.185 e. The minimum atomic E-state index is -0.0999. The molecule has 24 heavy (non-hydrogen) atoms. The SMILES string of the molecule is CCOc1cc(/C=C/C(=O)c2ccc(OC(C)C)cc2)ccc1O. The summed E-state index contributed by atoms with van der Waals surface area (Å²) in [5.41, 5.74) is 1.37. The average Bonchev–Trinajstić information content (AvgIpc) is 2.55. The molecule has 2 aromatic carbocycles. The lowest BCUT2D eigenvalue weighted by molar-refractivity contribution is 0.104. The Morgan fingerprint density at radius 2 is 1.88 bits per heavy atom. The van der Waals surface area contributed by atoms with Crippen LogP contribution in [0.15, 0.2) is 48.5 Å². The van der Waals surface area contributed by atoms with Gasteiger partial charge in [-0.05, 0) is 68.8 Å². The van der Waals surface area contributed by atoms with Crippen LogP contribution in [0.25, 0.3) is 6.08 Å². The highest BCUT2D eigenvalue weighted by atomic mass is 16.5. The van der Waals surface area contributed by atoms with Gasteiger partial charge in [0.1, 0.15) is 5.75 Å². The molecule has 0 bridgehead atoms. The van der Waals surface area contributed by atoms with Crippen molar-refractivity contribution in [2.24, 2.45) is 0 Å². The number of phenols is 1. The first-order valence-electron chi connectivity index (χ1n) is 7.94. The summed E-state index contributed by atoms with van der Waals surface area (Å²) in [4.78, 5) is 12.2. The molecule has 2 aromatic rings. The standard InChI is InChI=1S/C20H22O4/c1-4-23-20-13-15(6-12-19(20)22)5-11-18(21)16-7-9-17(10-8-16)24-14(2)3/h5-14,22H,4H2,1-3H3/b11-5+. The van der Waals surface area contributed by atoms with E-state index in [9.17, 15) is 9.90 Å². The predicted octanol–water partition coefficient (Wildman–Crippen LogP) is 4.47. The van der Waals surface area contributed by atoms with E-state index in [1.807, 2.05) is 20.8 Å². The first-order chi connectivity index (χ1) is 11.5. The number of ketones is 1. The minimum absolute atomic E-state index is 0.0843. The molecule has 0 aromatic heterocycles. The van der Waals surface area contributed by atoms with E-state index in [1.54, 1.807) is 48.5 Å². The number of aromatic hydroxyl groups is 1. The lowest BCUT2D eigenvalue weighted by Gasteiger charge is -2.09. The number of phenolic OH excluding ortho intramolecular Hbond substituents is 1. The maximum absolute atomic E-state index is 12.2. The van der Waals surface area contributed by atoms with Crippen molar-refractivity contribution in [1.29, 1.82) is 0 Å². The van der Waals surface area contributed by atoms with Crippen LogP contribution in [-0.4, -0.2) is 23.6 Å². The van der Waals surface area contributed by atoms with E-state index in [2.05, 4.69) is 0 Å². The third-order valence-corrected chi connectivity index (χ3v) is 3.22. The maximum atomic E-state index is 12.2. The Bertz CT molecular complexity index is 715. The van der Waals surface area contributed by atoms with Gasteiger partial charge in [0.15, 0.2) is 17.3 Å². The van der Waals surface area contributed by atoms with Crippen LogP contribution in [0.2, 0.25) is 0 Å². The average molecular weight is 326 g/mol. The number of allylic oxidation sites excluding steroid dienone is 1. The van der Waals surface area contributed by atoms with Crippen LogP contribution >= 0.6 is 0 Å². The summed E-state index contributed by atoms with van der Waals surface area (Å²) in [5.74, 6) is 1.13. The molecule has 0 amide bonds. The van der Waals surface area contributed by atoms with Gasteiger partial charge in [-0.2, -0.15) is 0 Å². The Hall–Kier alpha value is -2.75. The van der Waals surface area contributed by atoms with E-state index >= 15 is 0 Å². The summed E-state index contributed by atoms with van der Waals surface area (Å²) >= 11 is 0. The zero-order chi connectivity index (χ0) is 17.5. The van der Waals surface area contributed by atoms with Crippen molar-refractivity contribution in [2.75, 3.05) is 6.61 Å². The monoisotopic (exact) mass is 326 g/mol. The Morgan fingerprint density at radius 1 is 1.17 bits per heavy atom. The molecule has 0 unspecified atom stereocenters. The summed E-state index contributed by atoms with van der Waals surface area (Å²) in [7, 11) is 0. The highest BCUT2D eigenvalue weighted by Gasteiger charge is 2.05. The zero-order valence-electron chi connectivity index (χ0n) is 14.2. The van der Waals surface area contributed by atoms with Crippen molar-refractivity contribution in [3.05, 3.63) is 59.7 Å². The molecule has 0 aliphatic carbocycles. The number of carbonyl (C=O) groups is 1. The molecule has 0 fully saturated rings. The Balaban J connectivity index is 2.08. The van der Waals surface area contributed by atoms with Gasteiger partial charge in [0.05, 0.1) is 12.7 Å². The maximum Gasteiger partial charge on any atom is 0.185 e. The number of hydrogen-bond donors (Lipinski definition) is 1. The van der Waals surface area contributed by atoms with Gasteiger partial charge in [0, 0.05) is 5.56 Å². The van der Waals surface area contributed by atoms with Gasteiger partial charge in [-0.15, -0.1) is 0 Å². The summed E-state index contributed by atoms with van der Waals surface area (Å²) in [6.45, 7) is 6.22. The van der Waals surface area contributed by atoms with E-state index in [0.717, 1.165) is 11.3 Å². The van der Waals surface area contributed by atoms with E-state index in [0.29, 0.717) is 17.9 Å². The van der Waals surface area contributed by atoms with Crippen molar-refractivity contribution in [3.8, 4) is 17.2 Å². The highest BCUT2D eigenvalue weighted by Crippen LogP contribution is 2.27. The summed E-state index contributed by atoms with van der Waals surface area (Å²) in [5, 5.41) is 9.68. The molecule has 0 aliphatic rings. The van der Waals surface area contributed by atoms with Gasteiger partial charge in [-0.1, -0.05) is 12.1 Å². The summed E-state index contributed by atoms with van der Waals surface area (Å²) in [6.07, 6.45) is 3.30. The van der Waals surface area contributed by atoms with Crippen molar-refractivity contribution in [3.63, 3.8) is 0 Å². The number of ether oxygens (including phenoxy) is 2. The normalized spacial score (nSPS) is 11.0. The molecule has 0 radical (unpaired) electrons. The molecular formula is C20H22O4. The molecule has 0 aliphatic heterocycles. The highest BCUT2D eigenvalue weighted by molar-refractivity contribution is 6.06. The number of hydrogen-bond acceptors (Lipinski definition) is 4. The second-order valence-electron chi connectivity index (χ2n) is 5.55. The van der Waals surface area contributed by atoms with Gasteiger partial charge in [-0.3, -0.25) is 4.79 Å². The van der Waals surface area contributed by atoms with Crippen LogP contribution in [0, 0.1) is 0 Å². The molecule has 126 valence electrons. The Morgan fingerprint density at radius 3 is 2.50 bits per heavy atom. The van der Waals surface area contributed by atoms with E-state index in [1.165, 1.54) is 6.08 Å². The minimum Gasteiger partial charge on any atom is -0.504 e. The van der Waals surface area contributed by atoms with Crippen LogP contribution in [0.5, 0.6) is 17.2 Å². The molecule has 4 heteroatoms. The molecule has 0 heterocycles. The van der Waals surface area contributed by atoms with Gasteiger partial charge >= 0.3 is 0 Å². The fourth-order valence-corrected chi connectivity index (χ4v) is 2.14.